The Balaban J connectivity index is 0.861. The van der Waals surface area contributed by atoms with Crippen molar-refractivity contribution in [3.63, 3.8) is 0 Å². The molecular formula is C44H57NO13. The van der Waals surface area contributed by atoms with Crippen LogP contribution in [0.4, 0.5) is 5.69 Å². The molecule has 6 aliphatic rings. The van der Waals surface area contributed by atoms with Gasteiger partial charge in [-0.15, -0.1) is 0 Å². The molecule has 58 heavy (non-hydrogen) atoms. The van der Waals surface area contributed by atoms with Gasteiger partial charge in [-0.1, -0.05) is 20.4 Å². The summed E-state index contributed by atoms with van der Waals surface area (Å²) in [5, 5.41) is 36.5. The lowest BCUT2D eigenvalue weighted by Crippen LogP contribution is -2.85. The molecule has 0 radical (unpaired) electrons. The summed E-state index contributed by atoms with van der Waals surface area (Å²) < 4.78 is 28.2. The van der Waals surface area contributed by atoms with Crippen molar-refractivity contribution in [2.75, 3.05) is 37.8 Å². The molecule has 14 nitrogen and oxygen atoms in total. The number of fused-ring (bicyclic) bond motifs is 3. The third kappa shape index (κ3) is 6.58. The number of benzene rings is 1. The Morgan fingerprint density at radius 1 is 0.931 bits per heavy atom. The van der Waals surface area contributed by atoms with Crippen molar-refractivity contribution in [2.45, 2.75) is 116 Å². The molecule has 4 aliphatic carbocycles. The molecule has 2 spiro atoms. The van der Waals surface area contributed by atoms with Crippen LogP contribution in [-0.4, -0.2) is 96.0 Å². The Kier molecular flexibility index (Phi) is 11.5. The maximum absolute atomic E-state index is 14.3. The summed E-state index contributed by atoms with van der Waals surface area (Å²) in [5.41, 5.74) is -2.09. The summed E-state index contributed by atoms with van der Waals surface area (Å²) in [6, 6.07) is 7.26. The van der Waals surface area contributed by atoms with E-state index in [0.29, 0.717) is 49.5 Å². The first kappa shape index (κ1) is 42.0. The molecule has 4 saturated carbocycles. The van der Waals surface area contributed by atoms with E-state index in [0.717, 1.165) is 18.8 Å². The van der Waals surface area contributed by atoms with Gasteiger partial charge in [0.1, 0.15) is 23.2 Å². The van der Waals surface area contributed by atoms with E-state index in [1.165, 1.54) is 0 Å². The molecule has 316 valence electrons. The zero-order valence-electron chi connectivity index (χ0n) is 34.0. The molecule has 8 rings (SSSR count). The summed E-state index contributed by atoms with van der Waals surface area (Å²) >= 11 is 0. The molecule has 6 fully saturated rings. The van der Waals surface area contributed by atoms with Gasteiger partial charge in [0, 0.05) is 65.9 Å². The summed E-state index contributed by atoms with van der Waals surface area (Å²) in [5.74, 6) is -6.34. The molecule has 2 aromatic rings. The molecule has 3 heterocycles. The number of ether oxygens (including phenoxy) is 4. The number of rotatable bonds is 15. The minimum atomic E-state index is -2.34. The van der Waals surface area contributed by atoms with Gasteiger partial charge in [-0.3, -0.25) is 19.2 Å². The van der Waals surface area contributed by atoms with Crippen LogP contribution in [0, 0.1) is 34.0 Å². The maximum atomic E-state index is 14.3. The van der Waals surface area contributed by atoms with Gasteiger partial charge in [0.15, 0.2) is 5.78 Å². The predicted octanol–water partition coefficient (Wildman–Crippen LogP) is 4.16. The van der Waals surface area contributed by atoms with E-state index in [4.69, 9.17) is 23.4 Å². The average molecular weight is 808 g/mol. The van der Waals surface area contributed by atoms with Crippen LogP contribution in [0.2, 0.25) is 0 Å². The van der Waals surface area contributed by atoms with Crippen LogP contribution in [-0.2, 0) is 44.5 Å². The fraction of sp³-hybridized carbons (Fsp3) is 0.659. The van der Waals surface area contributed by atoms with Crippen molar-refractivity contribution in [3.8, 4) is 0 Å². The van der Waals surface area contributed by atoms with Crippen molar-refractivity contribution in [3.05, 3.63) is 52.4 Å². The van der Waals surface area contributed by atoms with Gasteiger partial charge in [0.2, 0.25) is 5.79 Å². The Labute approximate surface area is 337 Å². The van der Waals surface area contributed by atoms with E-state index in [2.05, 4.69) is 11.5 Å². The first-order valence-electron chi connectivity index (χ1n) is 20.8. The second-order valence-corrected chi connectivity index (χ2v) is 17.6. The second kappa shape index (κ2) is 15.8. The molecule has 0 amide bonds. The first-order chi connectivity index (χ1) is 27.6. The second-order valence-electron chi connectivity index (χ2n) is 17.6. The molecule has 4 bridgehead atoms. The van der Waals surface area contributed by atoms with E-state index in [9.17, 15) is 39.3 Å². The molecule has 9 atom stereocenters. The number of nitrogens with zero attached hydrogens (tertiary/aromatic N) is 1. The Morgan fingerprint density at radius 3 is 2.33 bits per heavy atom. The molecular weight excluding hydrogens is 750 g/mol. The minimum Gasteiger partial charge on any atom is -0.466 e. The monoisotopic (exact) mass is 807 g/mol. The maximum Gasteiger partial charge on any atom is 0.340 e. The lowest BCUT2D eigenvalue weighted by Gasteiger charge is -2.74. The zero-order valence-corrected chi connectivity index (χ0v) is 34.0. The van der Waals surface area contributed by atoms with E-state index < -0.39 is 87.4 Å². The normalized spacial score (nSPS) is 33.0. The predicted molar refractivity (Wildman–Crippen MR) is 209 cm³/mol. The van der Waals surface area contributed by atoms with Gasteiger partial charge < -0.3 is 43.6 Å². The van der Waals surface area contributed by atoms with Crippen LogP contribution in [0.5, 0.6) is 0 Å². The highest BCUT2D eigenvalue weighted by Gasteiger charge is 2.87. The van der Waals surface area contributed by atoms with Gasteiger partial charge in [-0.25, -0.2) is 4.79 Å². The topological polar surface area (TPSA) is 199 Å². The highest BCUT2D eigenvalue weighted by molar-refractivity contribution is 6.05. The van der Waals surface area contributed by atoms with Gasteiger partial charge >= 0.3 is 23.5 Å². The van der Waals surface area contributed by atoms with E-state index in [1.54, 1.807) is 6.07 Å². The molecule has 14 heteroatoms. The van der Waals surface area contributed by atoms with Crippen LogP contribution in [0.15, 0.2) is 45.6 Å². The number of aliphatic hydroxyl groups is 3. The summed E-state index contributed by atoms with van der Waals surface area (Å²) in [7, 11) is 0. The number of ketones is 1. The SMILES string of the molecule is C=C1C(=O)[C@]23[C@H](OC(=O)CCCC(=O)OCCCCOC(=O)Cc4cc5ccc(N(CC)CC)cc5oc4=O)[C@H]1CC[C@H]2[C@@]12CO[C@@]3(O)[C@@H](O)[C@@H]1C(C)(C)CC[C@@H]2O. The van der Waals surface area contributed by atoms with Crippen molar-refractivity contribution < 1.29 is 57.9 Å². The van der Waals surface area contributed by atoms with Crippen LogP contribution >= 0.6 is 0 Å². The third-order valence-electron chi connectivity index (χ3n) is 14.2. The van der Waals surface area contributed by atoms with Gasteiger partial charge in [0.25, 0.3) is 0 Å². The van der Waals surface area contributed by atoms with Crippen LogP contribution in [0.1, 0.15) is 91.0 Å². The largest absolute Gasteiger partial charge is 0.466 e. The standard InChI is InChI=1S/C44H57NO13/c1-6-45(7-2)28-14-13-26-21-27(40(52)57-30(26)23-28)22-35(49)55-20-9-8-19-54-33(47)11-10-12-34(48)58-39-29-15-16-31-42-24-56-44(53,43(31,39)37(50)25(29)3)38(51)36(42)41(4,5)18-17-32(42)46/h13-14,21,23,29,31-32,36,38-39,46,51,53H,3,6-12,15-20,22,24H2,1-2,4-5H3/t29-,31-,32-,36+,38-,39+,42+,43-,44-/m0/s1. The van der Waals surface area contributed by atoms with E-state index in [1.807, 2.05) is 45.9 Å². The van der Waals surface area contributed by atoms with Crippen molar-refractivity contribution in [2.24, 2.45) is 34.0 Å². The molecule has 2 saturated heterocycles. The lowest BCUT2D eigenvalue weighted by atomic mass is 9.35. The van der Waals surface area contributed by atoms with Crippen molar-refractivity contribution in [1.29, 1.82) is 0 Å². The Morgan fingerprint density at radius 2 is 1.62 bits per heavy atom. The zero-order chi connectivity index (χ0) is 41.8. The van der Waals surface area contributed by atoms with Crippen molar-refractivity contribution >= 4 is 40.3 Å². The quantitative estimate of drug-likeness (QED) is 0.0762. The van der Waals surface area contributed by atoms with Crippen LogP contribution in [0.25, 0.3) is 11.0 Å². The number of esters is 3. The molecule has 2 aliphatic heterocycles. The summed E-state index contributed by atoms with van der Waals surface area (Å²) in [4.78, 5) is 67.3. The van der Waals surface area contributed by atoms with Crippen LogP contribution < -0.4 is 10.5 Å². The molecule has 1 aromatic carbocycles. The van der Waals surface area contributed by atoms with Gasteiger partial charge in [0.05, 0.1) is 32.3 Å². The fourth-order valence-corrected chi connectivity index (χ4v) is 11.5. The third-order valence-corrected chi connectivity index (χ3v) is 14.2. The Bertz CT molecular complexity index is 2020. The van der Waals surface area contributed by atoms with E-state index >= 15 is 0 Å². The van der Waals surface area contributed by atoms with Gasteiger partial charge in [-0.05, 0) is 93.9 Å². The number of Topliss-reactive ketones (excluding diaryl/α,β-unsaturated/α-hetero) is 1. The number of carbonyl (C=O) groups excluding carboxylic acids is 4. The van der Waals surface area contributed by atoms with Crippen molar-refractivity contribution in [1.82, 2.24) is 0 Å². The first-order valence-corrected chi connectivity index (χ1v) is 20.8. The highest BCUT2D eigenvalue weighted by atomic mass is 16.7. The highest BCUT2D eigenvalue weighted by Crippen LogP contribution is 2.76. The minimum absolute atomic E-state index is 0.0225. The number of hydrogen-bond acceptors (Lipinski definition) is 14. The Hall–Kier alpha value is -4.11. The molecule has 1 aromatic heterocycles. The number of hydrogen-bond donors (Lipinski definition) is 3. The number of unbranched alkanes of at least 4 members (excludes halogenated alkanes) is 1. The number of carbonyl (C=O) groups is 4. The smallest absolute Gasteiger partial charge is 0.340 e. The average Bonchev–Trinajstić information content (AvgIpc) is 3.29. The molecule has 0 unspecified atom stereocenters. The number of aliphatic hydroxyl groups excluding tert-OH is 2. The summed E-state index contributed by atoms with van der Waals surface area (Å²) in [6.07, 6.45) is -1.04. The lowest BCUT2D eigenvalue weighted by molar-refractivity contribution is -0.458. The van der Waals surface area contributed by atoms with Gasteiger partial charge in [-0.2, -0.15) is 0 Å². The van der Waals surface area contributed by atoms with E-state index in [-0.39, 0.29) is 56.6 Å². The summed E-state index contributed by atoms with van der Waals surface area (Å²) in [6.45, 7) is 13.9. The van der Waals surface area contributed by atoms with Crippen LogP contribution in [0.3, 0.4) is 0 Å². The fourth-order valence-electron chi connectivity index (χ4n) is 11.5. The number of anilines is 1. The molecule has 3 N–H and O–H groups in total.